The number of fused-ring (bicyclic) bond motifs is 1. The average molecular weight is 402 g/mol. The van der Waals surface area contributed by atoms with E-state index in [0.717, 1.165) is 5.75 Å². The van der Waals surface area contributed by atoms with Crippen LogP contribution in [0.2, 0.25) is 0 Å². The van der Waals surface area contributed by atoms with Gasteiger partial charge >= 0.3 is 0 Å². The second kappa shape index (κ2) is 7.98. The number of ether oxygens (including phenoxy) is 2. The van der Waals surface area contributed by atoms with Crippen molar-refractivity contribution in [2.75, 3.05) is 6.61 Å². The number of nitrogens with zero attached hydrogens (tertiary/aromatic N) is 2. The van der Waals surface area contributed by atoms with Gasteiger partial charge in [0.15, 0.2) is 6.10 Å². The maximum Gasteiger partial charge on any atom is 0.300 e. The van der Waals surface area contributed by atoms with Crippen LogP contribution < -0.4 is 15.0 Å². The summed E-state index contributed by atoms with van der Waals surface area (Å²) in [5.41, 5.74) is 2.60. The van der Waals surface area contributed by atoms with Crippen LogP contribution in [0, 0.1) is 0 Å². The van der Waals surface area contributed by atoms with Crippen LogP contribution in [0.15, 0.2) is 71.7 Å². The van der Waals surface area contributed by atoms with Crippen molar-refractivity contribution in [3.8, 4) is 11.8 Å². The van der Waals surface area contributed by atoms with E-state index in [0.29, 0.717) is 19.2 Å². The first-order valence-corrected chi connectivity index (χ1v) is 10.8. The fraction of sp³-hybridized carbons (Fsp3) is 0.360. The Labute approximate surface area is 176 Å². The Morgan fingerprint density at radius 2 is 1.70 bits per heavy atom. The molecule has 5 nitrogen and oxygen atoms in total. The highest BCUT2D eigenvalue weighted by Gasteiger charge is 2.35. The Balaban J connectivity index is 1.29. The third kappa shape index (κ3) is 3.60. The first-order valence-electron chi connectivity index (χ1n) is 10.8. The van der Waals surface area contributed by atoms with Crippen LogP contribution in [0.3, 0.4) is 0 Å². The molecule has 0 saturated heterocycles. The Hall–Kier alpha value is -3.08. The fourth-order valence-electron chi connectivity index (χ4n) is 4.85. The molecule has 5 heteroatoms. The van der Waals surface area contributed by atoms with Gasteiger partial charge in [-0.05, 0) is 36.1 Å². The average Bonchev–Trinajstić information content (AvgIpc) is 3.21. The largest absolute Gasteiger partial charge is 0.490 e. The number of rotatable bonds is 5. The summed E-state index contributed by atoms with van der Waals surface area (Å²) >= 11 is 0. The first kappa shape index (κ1) is 18.9. The van der Waals surface area contributed by atoms with E-state index < -0.39 is 0 Å². The molecule has 1 saturated carbocycles. The summed E-state index contributed by atoms with van der Waals surface area (Å²) in [5, 5.41) is 0. The molecule has 2 aliphatic rings. The fourth-order valence-corrected chi connectivity index (χ4v) is 4.85. The molecular weight excluding hydrogens is 376 g/mol. The minimum Gasteiger partial charge on any atom is -0.490 e. The molecule has 0 spiro atoms. The van der Waals surface area contributed by atoms with E-state index in [2.05, 4.69) is 59.6 Å². The molecule has 3 aromatic rings. The lowest BCUT2D eigenvalue weighted by atomic mass is 9.65. The molecule has 1 aliphatic carbocycles. The van der Waals surface area contributed by atoms with Gasteiger partial charge in [0.25, 0.3) is 11.6 Å². The van der Waals surface area contributed by atoms with E-state index >= 15 is 0 Å². The van der Waals surface area contributed by atoms with Gasteiger partial charge in [-0.25, -0.2) is 0 Å². The molecule has 154 valence electrons. The molecule has 2 aromatic carbocycles. The quantitative estimate of drug-likeness (QED) is 0.637. The molecule has 0 amide bonds. The van der Waals surface area contributed by atoms with Gasteiger partial charge in [-0.3, -0.25) is 9.36 Å². The molecule has 1 atom stereocenters. The van der Waals surface area contributed by atoms with Crippen molar-refractivity contribution in [1.82, 2.24) is 9.55 Å². The summed E-state index contributed by atoms with van der Waals surface area (Å²) in [4.78, 5) is 15.3. The second-order valence-corrected chi connectivity index (χ2v) is 8.28. The van der Waals surface area contributed by atoms with Gasteiger partial charge in [-0.2, -0.15) is 4.98 Å². The zero-order valence-corrected chi connectivity index (χ0v) is 17.0. The van der Waals surface area contributed by atoms with Crippen molar-refractivity contribution in [2.45, 2.75) is 50.2 Å². The van der Waals surface area contributed by atoms with E-state index in [9.17, 15) is 4.79 Å². The lowest BCUT2D eigenvalue weighted by Gasteiger charge is -2.38. The Morgan fingerprint density at radius 3 is 2.47 bits per heavy atom. The van der Waals surface area contributed by atoms with Crippen LogP contribution in [0.25, 0.3) is 0 Å². The van der Waals surface area contributed by atoms with Crippen molar-refractivity contribution in [1.29, 1.82) is 0 Å². The van der Waals surface area contributed by atoms with E-state index in [1.165, 1.54) is 49.3 Å². The van der Waals surface area contributed by atoms with Crippen LogP contribution in [0.5, 0.6) is 11.8 Å². The first-order chi connectivity index (χ1) is 14.7. The third-order valence-corrected chi connectivity index (χ3v) is 6.40. The minimum absolute atomic E-state index is 0.104. The van der Waals surface area contributed by atoms with E-state index in [-0.39, 0.29) is 17.1 Å². The molecule has 0 bridgehead atoms. The zero-order valence-electron chi connectivity index (χ0n) is 17.0. The Bertz CT molecular complexity index is 1050. The third-order valence-electron chi connectivity index (χ3n) is 6.40. The number of hydrogen-bond donors (Lipinski definition) is 0. The van der Waals surface area contributed by atoms with E-state index in [1.807, 2.05) is 4.57 Å². The highest BCUT2D eigenvalue weighted by molar-refractivity contribution is 5.42. The van der Waals surface area contributed by atoms with E-state index in [4.69, 9.17) is 9.47 Å². The summed E-state index contributed by atoms with van der Waals surface area (Å²) in [6.07, 6.45) is 7.81. The Morgan fingerprint density at radius 1 is 0.967 bits per heavy atom. The summed E-state index contributed by atoms with van der Waals surface area (Å²) in [6.45, 7) is 1.05. The highest BCUT2D eigenvalue weighted by atomic mass is 16.6. The maximum atomic E-state index is 11.4. The summed E-state index contributed by atoms with van der Waals surface area (Å²) in [7, 11) is 0. The highest BCUT2D eigenvalue weighted by Crippen LogP contribution is 2.45. The van der Waals surface area contributed by atoms with Gasteiger partial charge in [-0.1, -0.05) is 61.7 Å². The number of benzene rings is 2. The summed E-state index contributed by atoms with van der Waals surface area (Å²) < 4.78 is 13.6. The smallest absolute Gasteiger partial charge is 0.300 e. The van der Waals surface area contributed by atoms with Crippen LogP contribution in [-0.2, 0) is 12.0 Å². The maximum absolute atomic E-state index is 11.4. The van der Waals surface area contributed by atoms with Crippen LogP contribution in [0.1, 0.15) is 43.2 Å². The van der Waals surface area contributed by atoms with Crippen molar-refractivity contribution < 1.29 is 9.47 Å². The minimum atomic E-state index is -0.284. The number of hydrogen-bond acceptors (Lipinski definition) is 4. The molecule has 30 heavy (non-hydrogen) atoms. The lowest BCUT2D eigenvalue weighted by Crippen LogP contribution is -2.30. The molecule has 1 aromatic heterocycles. The SMILES string of the molecule is O=c1ccn2c(n1)OC(COc1ccc(C3(c4ccccc4)CCCCC3)cc1)C2. The standard InChI is InChI=1S/C25H26N2O3/c28-23-13-16-27-17-22(30-24(27)26-23)18-29-21-11-9-20(10-12-21)25(14-5-2-6-15-25)19-7-3-1-4-8-19/h1,3-4,7-13,16,22H,2,5-6,14-15,17-18H2. The van der Waals surface area contributed by atoms with Crippen molar-refractivity contribution >= 4 is 0 Å². The van der Waals surface area contributed by atoms with Crippen molar-refractivity contribution in [3.63, 3.8) is 0 Å². The molecule has 1 aliphatic heterocycles. The predicted molar refractivity (Wildman–Crippen MR) is 115 cm³/mol. The van der Waals surface area contributed by atoms with Crippen molar-refractivity contribution in [3.05, 3.63) is 88.3 Å². The van der Waals surface area contributed by atoms with Crippen molar-refractivity contribution in [2.24, 2.45) is 0 Å². The molecule has 0 radical (unpaired) electrons. The molecular formula is C25H26N2O3. The molecule has 5 rings (SSSR count). The molecule has 1 unspecified atom stereocenters. The normalized spacial score (nSPS) is 19.7. The van der Waals surface area contributed by atoms with E-state index in [1.54, 1.807) is 6.20 Å². The topological polar surface area (TPSA) is 53.4 Å². The second-order valence-electron chi connectivity index (χ2n) is 8.28. The predicted octanol–water partition coefficient (Wildman–Crippen LogP) is 4.33. The monoisotopic (exact) mass is 402 g/mol. The van der Waals surface area contributed by atoms with Gasteiger partial charge < -0.3 is 9.47 Å². The van der Waals surface area contributed by atoms with Gasteiger partial charge in [0, 0.05) is 17.7 Å². The summed E-state index contributed by atoms with van der Waals surface area (Å²) in [5.74, 6) is 0.833. The van der Waals surface area contributed by atoms with Crippen LogP contribution in [0.4, 0.5) is 0 Å². The van der Waals surface area contributed by atoms with Crippen LogP contribution >= 0.6 is 0 Å². The van der Waals surface area contributed by atoms with Crippen LogP contribution in [-0.4, -0.2) is 22.3 Å². The Kier molecular flexibility index (Phi) is 5.03. The number of aromatic nitrogens is 2. The van der Waals surface area contributed by atoms with Gasteiger partial charge in [0.2, 0.25) is 0 Å². The van der Waals surface area contributed by atoms with Gasteiger partial charge in [0.1, 0.15) is 12.4 Å². The van der Waals surface area contributed by atoms with Gasteiger partial charge in [-0.15, -0.1) is 0 Å². The molecule has 1 fully saturated rings. The van der Waals surface area contributed by atoms with Gasteiger partial charge in [0.05, 0.1) is 6.54 Å². The molecule has 0 N–H and O–H groups in total. The zero-order chi connectivity index (χ0) is 20.4. The lowest BCUT2D eigenvalue weighted by molar-refractivity contribution is 0.143. The molecule has 2 heterocycles. The summed E-state index contributed by atoms with van der Waals surface area (Å²) in [6, 6.07) is 21.3.